The summed E-state index contributed by atoms with van der Waals surface area (Å²) in [6.45, 7) is 6.01. The summed E-state index contributed by atoms with van der Waals surface area (Å²) >= 11 is 0. The summed E-state index contributed by atoms with van der Waals surface area (Å²) in [6.07, 6.45) is 0. The van der Waals surface area contributed by atoms with Crippen molar-refractivity contribution in [3.05, 3.63) is 65.7 Å². The second kappa shape index (κ2) is 6.19. The van der Waals surface area contributed by atoms with E-state index < -0.39 is 0 Å². The summed E-state index contributed by atoms with van der Waals surface area (Å²) < 4.78 is 0. The van der Waals surface area contributed by atoms with Gasteiger partial charge in [0.25, 0.3) is 0 Å². The first kappa shape index (κ1) is 13.3. The summed E-state index contributed by atoms with van der Waals surface area (Å²) in [7, 11) is 0. The van der Waals surface area contributed by atoms with Crippen molar-refractivity contribution < 1.29 is 4.79 Å². The first-order valence-corrected chi connectivity index (χ1v) is 6.71. The highest BCUT2D eigenvalue weighted by atomic mass is 16.1. The Hall–Kier alpha value is -2.09. The molecular weight excluding hydrogens is 234 g/mol. The zero-order valence-electron chi connectivity index (χ0n) is 11.5. The fourth-order valence-corrected chi connectivity index (χ4v) is 2.25. The highest BCUT2D eigenvalue weighted by Gasteiger charge is 2.15. The number of hydrogen-bond donors (Lipinski definition) is 0. The molecule has 0 N–H and O–H groups in total. The number of carbonyl (C=O) groups excluding carboxylic acids is 1. The normalized spacial score (nSPS) is 10.2. The van der Waals surface area contributed by atoms with Crippen LogP contribution in [0.15, 0.2) is 54.6 Å². The van der Waals surface area contributed by atoms with Gasteiger partial charge in [-0.1, -0.05) is 42.5 Å². The second-order valence-corrected chi connectivity index (χ2v) is 4.38. The van der Waals surface area contributed by atoms with Gasteiger partial charge < -0.3 is 4.90 Å². The van der Waals surface area contributed by atoms with Crippen molar-refractivity contribution in [2.24, 2.45) is 0 Å². The predicted octanol–water partition coefficient (Wildman–Crippen LogP) is 3.76. The fraction of sp³-hybridized carbons (Fsp3) is 0.235. The van der Waals surface area contributed by atoms with Gasteiger partial charge in [0.15, 0.2) is 5.78 Å². The van der Waals surface area contributed by atoms with E-state index >= 15 is 0 Å². The molecule has 2 aromatic carbocycles. The summed E-state index contributed by atoms with van der Waals surface area (Å²) in [5, 5.41) is 0. The van der Waals surface area contributed by atoms with Gasteiger partial charge in [-0.2, -0.15) is 0 Å². The second-order valence-electron chi connectivity index (χ2n) is 4.38. The minimum Gasteiger partial charge on any atom is -0.371 e. The Balaban J connectivity index is 2.43. The molecule has 2 heteroatoms. The molecule has 0 saturated heterocycles. The Morgan fingerprint density at radius 1 is 0.895 bits per heavy atom. The third-order valence-electron chi connectivity index (χ3n) is 3.29. The molecule has 0 radical (unpaired) electrons. The van der Waals surface area contributed by atoms with E-state index in [2.05, 4.69) is 18.7 Å². The summed E-state index contributed by atoms with van der Waals surface area (Å²) in [5.41, 5.74) is 2.53. The van der Waals surface area contributed by atoms with Gasteiger partial charge in [-0.15, -0.1) is 0 Å². The molecule has 0 atom stereocenters. The Bertz CT molecular complexity index is 544. The van der Waals surface area contributed by atoms with Crippen molar-refractivity contribution >= 4 is 11.5 Å². The van der Waals surface area contributed by atoms with Gasteiger partial charge in [0.1, 0.15) is 0 Å². The Labute approximate surface area is 114 Å². The molecule has 0 saturated carbocycles. The highest BCUT2D eigenvalue weighted by Crippen LogP contribution is 2.23. The van der Waals surface area contributed by atoms with Crippen LogP contribution >= 0.6 is 0 Å². The molecule has 0 fully saturated rings. The van der Waals surface area contributed by atoms with E-state index in [0.29, 0.717) is 0 Å². The number of hydrogen-bond acceptors (Lipinski definition) is 2. The van der Waals surface area contributed by atoms with Crippen LogP contribution in [0.1, 0.15) is 29.8 Å². The Morgan fingerprint density at radius 2 is 1.47 bits per heavy atom. The van der Waals surface area contributed by atoms with Crippen molar-refractivity contribution in [1.29, 1.82) is 0 Å². The zero-order valence-corrected chi connectivity index (χ0v) is 11.5. The molecule has 0 aliphatic rings. The predicted molar refractivity (Wildman–Crippen MR) is 79.9 cm³/mol. The Kier molecular flexibility index (Phi) is 4.35. The summed E-state index contributed by atoms with van der Waals surface area (Å²) in [4.78, 5) is 14.8. The summed E-state index contributed by atoms with van der Waals surface area (Å²) in [5.74, 6) is 0.0862. The number of benzene rings is 2. The van der Waals surface area contributed by atoms with E-state index in [1.807, 2.05) is 54.6 Å². The third-order valence-corrected chi connectivity index (χ3v) is 3.29. The number of anilines is 1. The first-order chi connectivity index (χ1) is 9.27. The number of nitrogens with zero attached hydrogens (tertiary/aromatic N) is 1. The van der Waals surface area contributed by atoms with Crippen molar-refractivity contribution in [2.45, 2.75) is 13.8 Å². The van der Waals surface area contributed by atoms with Crippen molar-refractivity contribution in [1.82, 2.24) is 0 Å². The van der Waals surface area contributed by atoms with Crippen LogP contribution < -0.4 is 4.90 Å². The minimum atomic E-state index is 0.0862. The molecule has 19 heavy (non-hydrogen) atoms. The van der Waals surface area contributed by atoms with Crippen LogP contribution in [0.4, 0.5) is 5.69 Å². The third kappa shape index (κ3) is 2.84. The average molecular weight is 253 g/mol. The number of carbonyl (C=O) groups is 1. The van der Waals surface area contributed by atoms with Gasteiger partial charge in [0, 0.05) is 29.9 Å². The lowest BCUT2D eigenvalue weighted by Gasteiger charge is -2.23. The molecule has 98 valence electrons. The van der Waals surface area contributed by atoms with Gasteiger partial charge in [-0.3, -0.25) is 4.79 Å². The number of rotatable bonds is 5. The molecule has 0 spiro atoms. The molecular formula is C17H19NO. The molecule has 2 aromatic rings. The van der Waals surface area contributed by atoms with E-state index in [9.17, 15) is 4.79 Å². The molecule has 2 rings (SSSR count). The smallest absolute Gasteiger partial charge is 0.195 e. The van der Waals surface area contributed by atoms with Gasteiger partial charge in [-0.05, 0) is 26.0 Å². The highest BCUT2D eigenvalue weighted by molar-refractivity contribution is 6.12. The molecule has 0 heterocycles. The molecule has 0 amide bonds. The molecule has 2 nitrogen and oxygen atoms in total. The van der Waals surface area contributed by atoms with Crippen LogP contribution in [0, 0.1) is 0 Å². The largest absolute Gasteiger partial charge is 0.371 e. The van der Waals surface area contributed by atoms with Crippen LogP contribution in [-0.4, -0.2) is 18.9 Å². The standard InChI is InChI=1S/C17H19NO/c1-3-18(4-2)16-13-9-8-12-15(16)17(19)14-10-6-5-7-11-14/h5-13H,3-4H2,1-2H3. The maximum atomic E-state index is 12.6. The van der Waals surface area contributed by atoms with E-state index in [1.54, 1.807) is 0 Å². The van der Waals surface area contributed by atoms with Gasteiger partial charge in [0.2, 0.25) is 0 Å². The molecule has 0 aromatic heterocycles. The molecule has 0 aliphatic heterocycles. The lowest BCUT2D eigenvalue weighted by molar-refractivity contribution is 0.103. The monoisotopic (exact) mass is 253 g/mol. The van der Waals surface area contributed by atoms with Crippen LogP contribution in [0.3, 0.4) is 0 Å². The molecule has 0 unspecified atom stereocenters. The van der Waals surface area contributed by atoms with Gasteiger partial charge in [0.05, 0.1) is 0 Å². The van der Waals surface area contributed by atoms with Crippen LogP contribution in [0.25, 0.3) is 0 Å². The molecule has 0 aliphatic carbocycles. The van der Waals surface area contributed by atoms with Crippen molar-refractivity contribution in [2.75, 3.05) is 18.0 Å². The van der Waals surface area contributed by atoms with E-state index in [1.165, 1.54) is 0 Å². The number of para-hydroxylation sites is 1. The number of ketones is 1. The van der Waals surface area contributed by atoms with Crippen LogP contribution in [-0.2, 0) is 0 Å². The van der Waals surface area contributed by atoms with Gasteiger partial charge in [-0.25, -0.2) is 0 Å². The maximum absolute atomic E-state index is 12.6. The van der Waals surface area contributed by atoms with E-state index in [4.69, 9.17) is 0 Å². The SMILES string of the molecule is CCN(CC)c1ccccc1C(=O)c1ccccc1. The first-order valence-electron chi connectivity index (χ1n) is 6.71. The lowest BCUT2D eigenvalue weighted by atomic mass is 10.0. The summed E-state index contributed by atoms with van der Waals surface area (Å²) in [6, 6.07) is 17.3. The topological polar surface area (TPSA) is 20.3 Å². The molecule has 0 bridgehead atoms. The van der Waals surface area contributed by atoms with Gasteiger partial charge >= 0.3 is 0 Å². The lowest BCUT2D eigenvalue weighted by Crippen LogP contribution is -2.24. The quantitative estimate of drug-likeness (QED) is 0.756. The van der Waals surface area contributed by atoms with Crippen LogP contribution in [0.5, 0.6) is 0 Å². The van der Waals surface area contributed by atoms with Crippen LogP contribution in [0.2, 0.25) is 0 Å². The van der Waals surface area contributed by atoms with Crippen molar-refractivity contribution in [3.8, 4) is 0 Å². The Morgan fingerprint density at radius 3 is 2.11 bits per heavy atom. The van der Waals surface area contributed by atoms with E-state index in [0.717, 1.165) is 29.9 Å². The fourth-order valence-electron chi connectivity index (χ4n) is 2.25. The minimum absolute atomic E-state index is 0.0862. The maximum Gasteiger partial charge on any atom is 0.195 e. The van der Waals surface area contributed by atoms with Crippen molar-refractivity contribution in [3.63, 3.8) is 0 Å². The zero-order chi connectivity index (χ0) is 13.7. The average Bonchev–Trinajstić information content (AvgIpc) is 2.49. The van der Waals surface area contributed by atoms with E-state index in [-0.39, 0.29) is 5.78 Å².